The summed E-state index contributed by atoms with van der Waals surface area (Å²) in [5, 5.41) is 15.5. The monoisotopic (exact) mass is 537 g/mol. The van der Waals surface area contributed by atoms with Gasteiger partial charge in [-0.3, -0.25) is 14.4 Å². The number of aryl methyl sites for hydroxylation is 1. The first-order valence-electron chi connectivity index (χ1n) is 11.7. The minimum absolute atomic E-state index is 0.0522. The molecule has 1 aliphatic heterocycles. The molecule has 3 rings (SSSR count). The summed E-state index contributed by atoms with van der Waals surface area (Å²) < 4.78 is 38.2. The topological polar surface area (TPSA) is 98.7 Å². The molecule has 37 heavy (non-hydrogen) atoms. The van der Waals surface area contributed by atoms with E-state index in [1.165, 1.54) is 16.7 Å². The Kier molecular flexibility index (Phi) is 8.91. The molecular formula is C26H30F3N3O4S. The highest BCUT2D eigenvalue weighted by molar-refractivity contribution is 8.00. The van der Waals surface area contributed by atoms with Gasteiger partial charge >= 0.3 is 12.1 Å². The Morgan fingerprint density at radius 1 is 1.11 bits per heavy atom. The number of halogens is 3. The molecule has 1 aliphatic rings. The Labute approximate surface area is 217 Å². The molecule has 0 aromatic heterocycles. The van der Waals surface area contributed by atoms with Crippen LogP contribution in [0, 0.1) is 6.92 Å². The maximum Gasteiger partial charge on any atom is 0.471 e. The Morgan fingerprint density at radius 2 is 1.73 bits per heavy atom. The van der Waals surface area contributed by atoms with Crippen molar-refractivity contribution in [2.45, 2.75) is 62.8 Å². The van der Waals surface area contributed by atoms with Gasteiger partial charge in [0.15, 0.2) is 6.10 Å². The van der Waals surface area contributed by atoms with Crippen LogP contribution in [0.15, 0.2) is 54.6 Å². The standard InChI is InChI=1S/C26H30F3N3O4S/c1-16-9-7-8-12-18(16)14-30-22(34)21-25(2,3)37-15-32(21)23(35)20(33)19(31-24(36)26(27,28)29)13-17-10-5-4-6-11-17/h4-12,19-21,33H,13-15H2,1-3H3,(H,30,34)(H,31,36). The van der Waals surface area contributed by atoms with Gasteiger partial charge in [0.05, 0.1) is 11.9 Å². The number of nitrogens with one attached hydrogen (secondary N) is 2. The van der Waals surface area contributed by atoms with Crippen molar-refractivity contribution in [3.63, 3.8) is 0 Å². The van der Waals surface area contributed by atoms with Crippen LogP contribution in [0.2, 0.25) is 0 Å². The molecule has 3 atom stereocenters. The Morgan fingerprint density at radius 3 is 2.35 bits per heavy atom. The van der Waals surface area contributed by atoms with Crippen molar-refractivity contribution in [1.82, 2.24) is 15.5 Å². The van der Waals surface area contributed by atoms with Crippen LogP contribution in [0.25, 0.3) is 0 Å². The van der Waals surface area contributed by atoms with E-state index in [0.717, 1.165) is 11.1 Å². The fraction of sp³-hybridized carbons (Fsp3) is 0.423. The van der Waals surface area contributed by atoms with Crippen LogP contribution >= 0.6 is 11.8 Å². The lowest BCUT2D eigenvalue weighted by Crippen LogP contribution is -2.59. The zero-order valence-electron chi connectivity index (χ0n) is 20.7. The summed E-state index contributed by atoms with van der Waals surface area (Å²) in [7, 11) is 0. The summed E-state index contributed by atoms with van der Waals surface area (Å²) in [6.45, 7) is 5.70. The molecule has 1 heterocycles. The first-order chi connectivity index (χ1) is 17.3. The summed E-state index contributed by atoms with van der Waals surface area (Å²) in [5.41, 5.74) is 2.40. The Balaban J connectivity index is 1.80. The van der Waals surface area contributed by atoms with E-state index < -0.39 is 46.8 Å². The molecule has 3 amide bonds. The van der Waals surface area contributed by atoms with E-state index in [2.05, 4.69) is 5.32 Å². The molecule has 7 nitrogen and oxygen atoms in total. The first-order valence-corrected chi connectivity index (χ1v) is 12.7. The normalized spacial score (nSPS) is 18.7. The zero-order valence-corrected chi connectivity index (χ0v) is 21.5. The third-order valence-corrected chi connectivity index (χ3v) is 7.67. The quantitative estimate of drug-likeness (QED) is 0.481. The number of thioether (sulfide) groups is 1. The molecule has 1 fully saturated rings. The van der Waals surface area contributed by atoms with Gasteiger partial charge in [0.1, 0.15) is 6.04 Å². The van der Waals surface area contributed by atoms with Gasteiger partial charge in [-0.15, -0.1) is 11.8 Å². The highest BCUT2D eigenvalue weighted by Crippen LogP contribution is 2.40. The van der Waals surface area contributed by atoms with Crippen LogP contribution in [-0.2, 0) is 27.3 Å². The predicted octanol–water partition coefficient (Wildman–Crippen LogP) is 2.94. The van der Waals surface area contributed by atoms with Crippen LogP contribution in [0.4, 0.5) is 13.2 Å². The molecule has 0 spiro atoms. The molecule has 11 heteroatoms. The number of hydrogen-bond acceptors (Lipinski definition) is 5. The molecule has 0 bridgehead atoms. The summed E-state index contributed by atoms with van der Waals surface area (Å²) in [5.74, 6) is -3.59. The number of rotatable bonds is 8. The maximum absolute atomic E-state index is 13.4. The average molecular weight is 538 g/mol. The molecule has 0 saturated carbocycles. The molecule has 2 aromatic carbocycles. The molecule has 200 valence electrons. The third-order valence-electron chi connectivity index (χ3n) is 6.30. The van der Waals surface area contributed by atoms with E-state index in [9.17, 15) is 32.7 Å². The van der Waals surface area contributed by atoms with Gasteiger partial charge in [-0.05, 0) is 43.9 Å². The number of nitrogens with zero attached hydrogens (tertiary/aromatic N) is 1. The number of alkyl halides is 3. The number of benzene rings is 2. The van der Waals surface area contributed by atoms with Crippen LogP contribution < -0.4 is 10.6 Å². The molecule has 3 unspecified atom stereocenters. The molecule has 0 aliphatic carbocycles. The average Bonchev–Trinajstić information content (AvgIpc) is 3.16. The predicted molar refractivity (Wildman–Crippen MR) is 134 cm³/mol. The van der Waals surface area contributed by atoms with Gasteiger partial charge < -0.3 is 20.6 Å². The number of carbonyl (C=O) groups is 3. The lowest BCUT2D eigenvalue weighted by molar-refractivity contribution is -0.175. The van der Waals surface area contributed by atoms with Crippen LogP contribution in [0.5, 0.6) is 0 Å². The maximum atomic E-state index is 13.4. The van der Waals surface area contributed by atoms with Crippen molar-refractivity contribution in [3.8, 4) is 0 Å². The zero-order chi connectivity index (χ0) is 27.4. The lowest BCUT2D eigenvalue weighted by atomic mass is 9.97. The number of amides is 3. The van der Waals surface area contributed by atoms with Crippen molar-refractivity contribution in [2.75, 3.05) is 5.88 Å². The fourth-order valence-electron chi connectivity index (χ4n) is 4.20. The second-order valence-electron chi connectivity index (χ2n) is 9.44. The van der Waals surface area contributed by atoms with E-state index in [1.54, 1.807) is 49.5 Å². The minimum Gasteiger partial charge on any atom is -0.381 e. The van der Waals surface area contributed by atoms with Gasteiger partial charge in [-0.2, -0.15) is 13.2 Å². The van der Waals surface area contributed by atoms with Gasteiger partial charge in [-0.25, -0.2) is 0 Å². The van der Waals surface area contributed by atoms with E-state index in [4.69, 9.17) is 0 Å². The van der Waals surface area contributed by atoms with Crippen LogP contribution in [0.3, 0.4) is 0 Å². The van der Waals surface area contributed by atoms with E-state index >= 15 is 0 Å². The number of aliphatic hydroxyl groups excluding tert-OH is 1. The number of hydrogen-bond donors (Lipinski definition) is 3. The summed E-state index contributed by atoms with van der Waals surface area (Å²) in [6, 6.07) is 13.2. The van der Waals surface area contributed by atoms with Crippen molar-refractivity contribution >= 4 is 29.5 Å². The van der Waals surface area contributed by atoms with Crippen LogP contribution in [0.1, 0.15) is 30.5 Å². The lowest BCUT2D eigenvalue weighted by Gasteiger charge is -2.33. The fourth-order valence-corrected chi connectivity index (χ4v) is 5.34. The highest BCUT2D eigenvalue weighted by Gasteiger charge is 2.50. The van der Waals surface area contributed by atoms with Gasteiger partial charge in [0.25, 0.3) is 5.91 Å². The summed E-state index contributed by atoms with van der Waals surface area (Å²) in [6.07, 6.45) is -7.42. The second-order valence-corrected chi connectivity index (χ2v) is 11.0. The van der Waals surface area contributed by atoms with E-state index in [0.29, 0.717) is 5.56 Å². The molecule has 2 aromatic rings. The van der Waals surface area contributed by atoms with E-state index in [1.807, 2.05) is 31.2 Å². The molecule has 0 radical (unpaired) electrons. The largest absolute Gasteiger partial charge is 0.471 e. The van der Waals surface area contributed by atoms with Crippen molar-refractivity contribution in [1.29, 1.82) is 0 Å². The summed E-state index contributed by atoms with van der Waals surface area (Å²) in [4.78, 5) is 39.5. The van der Waals surface area contributed by atoms with Crippen molar-refractivity contribution in [2.24, 2.45) is 0 Å². The van der Waals surface area contributed by atoms with Gasteiger partial charge in [0, 0.05) is 11.3 Å². The Hall–Kier alpha value is -3.05. The van der Waals surface area contributed by atoms with Crippen molar-refractivity contribution in [3.05, 3.63) is 71.3 Å². The minimum atomic E-state index is -5.19. The molecular weight excluding hydrogens is 507 g/mol. The van der Waals surface area contributed by atoms with Gasteiger partial charge in [0.2, 0.25) is 5.91 Å². The van der Waals surface area contributed by atoms with E-state index in [-0.39, 0.29) is 18.8 Å². The molecule has 1 saturated heterocycles. The second kappa shape index (κ2) is 11.6. The molecule has 3 N–H and O–H groups in total. The number of carbonyl (C=O) groups excluding carboxylic acids is 3. The summed E-state index contributed by atoms with van der Waals surface area (Å²) >= 11 is 1.31. The SMILES string of the molecule is Cc1ccccc1CNC(=O)C1N(C(=O)C(O)C(Cc2ccccc2)NC(=O)C(F)(F)F)CSC1(C)C. The Bertz CT molecular complexity index is 1130. The van der Waals surface area contributed by atoms with Crippen LogP contribution in [-0.4, -0.2) is 62.7 Å². The van der Waals surface area contributed by atoms with Gasteiger partial charge in [-0.1, -0.05) is 54.6 Å². The number of aliphatic hydroxyl groups is 1. The highest BCUT2D eigenvalue weighted by atomic mass is 32.2. The third kappa shape index (κ3) is 7.04. The van der Waals surface area contributed by atoms with Crippen molar-refractivity contribution < 1.29 is 32.7 Å². The first kappa shape index (κ1) is 28.5. The smallest absolute Gasteiger partial charge is 0.381 e.